The number of hydrogen-bond acceptors (Lipinski definition) is 11. The summed E-state index contributed by atoms with van der Waals surface area (Å²) >= 11 is 0. The lowest BCUT2D eigenvalue weighted by Gasteiger charge is -2.69. The molecule has 1 amide bonds. The van der Waals surface area contributed by atoms with Gasteiger partial charge in [-0.05, 0) is 145 Å². The Bertz CT molecular complexity index is 2470. The quantitative estimate of drug-likeness (QED) is 0.0937. The first-order chi connectivity index (χ1) is 31.0. The van der Waals surface area contributed by atoms with Crippen molar-refractivity contribution in [1.29, 1.82) is 0 Å². The number of ether oxygens (including phenoxy) is 5. The van der Waals surface area contributed by atoms with Crippen molar-refractivity contribution in [1.82, 2.24) is 19.7 Å². The summed E-state index contributed by atoms with van der Waals surface area (Å²) in [6.07, 6.45) is 8.38. The summed E-state index contributed by atoms with van der Waals surface area (Å²) < 4.78 is 32.2. The number of methoxy groups -OCH3 is 1. The van der Waals surface area contributed by atoms with Crippen LogP contribution in [0.1, 0.15) is 137 Å². The van der Waals surface area contributed by atoms with E-state index in [1.807, 2.05) is 96.3 Å². The van der Waals surface area contributed by atoms with Crippen LogP contribution in [0.2, 0.25) is 0 Å². The number of nitrogens with zero attached hydrogens (tertiary/aromatic N) is 5. The first kappa shape index (κ1) is 47.1. The molecule has 4 aromatic rings. The van der Waals surface area contributed by atoms with Crippen LogP contribution in [0, 0.1) is 23.2 Å². The zero-order valence-electron chi connectivity index (χ0n) is 41.0. The van der Waals surface area contributed by atoms with Gasteiger partial charge in [0, 0.05) is 55.6 Å². The highest BCUT2D eigenvalue weighted by Gasteiger charge is 2.66. The van der Waals surface area contributed by atoms with Crippen molar-refractivity contribution in [2.24, 2.45) is 16.2 Å². The number of aromatic nitrogens is 3. The largest absolute Gasteiger partial charge is 0.489 e. The fourth-order valence-electron chi connectivity index (χ4n) is 12.5. The molecule has 1 aliphatic heterocycles. The number of esters is 2. The van der Waals surface area contributed by atoms with Gasteiger partial charge in [0.1, 0.15) is 29.4 Å². The van der Waals surface area contributed by atoms with Crippen molar-refractivity contribution in [3.63, 3.8) is 0 Å². The molecule has 354 valence electrons. The van der Waals surface area contributed by atoms with Gasteiger partial charge in [0.15, 0.2) is 5.69 Å². The average molecular weight is 904 g/mol. The molecular weight excluding hydrogens is 835 g/mol. The first-order valence-electron chi connectivity index (χ1n) is 23.5. The predicted octanol–water partition coefficient (Wildman–Crippen LogP) is 10.1. The molecule has 2 aromatic heterocycles. The van der Waals surface area contributed by atoms with E-state index in [0.717, 1.165) is 72.3 Å². The number of fused-ring (bicyclic) bond motifs is 1. The molecule has 66 heavy (non-hydrogen) atoms. The van der Waals surface area contributed by atoms with Crippen molar-refractivity contribution < 1.29 is 38.1 Å². The zero-order valence-corrected chi connectivity index (χ0v) is 41.0. The first-order valence-corrected chi connectivity index (χ1v) is 23.5. The van der Waals surface area contributed by atoms with Crippen LogP contribution in [0.5, 0.6) is 5.75 Å². The molecule has 9 rings (SSSR count). The van der Waals surface area contributed by atoms with Gasteiger partial charge in [-0.15, -0.1) is 0 Å². The molecule has 2 atom stereocenters. The van der Waals surface area contributed by atoms with Gasteiger partial charge in [0.2, 0.25) is 0 Å². The fourth-order valence-corrected chi connectivity index (χ4v) is 12.5. The highest BCUT2D eigenvalue weighted by atomic mass is 16.6. The second kappa shape index (κ2) is 17.3. The van der Waals surface area contributed by atoms with Crippen molar-refractivity contribution in [2.75, 3.05) is 38.8 Å². The number of benzene rings is 2. The number of likely N-dealkylation sites (N-methyl/N-ethyl adjacent to an activating group) is 1. The summed E-state index contributed by atoms with van der Waals surface area (Å²) in [7, 11) is 3.16. The van der Waals surface area contributed by atoms with E-state index in [0.29, 0.717) is 56.2 Å². The minimum absolute atomic E-state index is 0.0421. The standard InChI is InChI=1S/C53H69N5O8/c1-35-40(25-54-58(35)34-52-29-50(8)28-51(9,30-52)32-53(31-50,33-52)64-24-23-56(10)47(61)66-49(5,6)7)38-18-20-43(55-44(38)46(60)65-48(2,3)4)57-22-21-37-41(26-57)39(45(59)62-11)17-19-42(37)63-27-36-15-13-12-14-16-36/h12-20,25H,21-24,26-34H2,1-11H3. The van der Waals surface area contributed by atoms with Crippen LogP contribution < -0.4 is 9.64 Å². The second-order valence-corrected chi connectivity index (χ2v) is 22.5. The highest BCUT2D eigenvalue weighted by Crippen LogP contribution is 2.72. The SMILES string of the molecule is COC(=O)c1ccc(OCc2ccccc2)c2c1CN(c1ccc(-c3cnn(CC45CC6(C)CC(C)(C4)CC(OCCN(C)C(=O)OC(C)(C)C)(C6)C5)c3C)c(C(=O)OC(C)(C)C)n1)CC2. The van der Waals surface area contributed by atoms with Gasteiger partial charge in [0.05, 0.1) is 31.1 Å². The molecule has 5 aliphatic rings. The molecule has 4 aliphatic carbocycles. The van der Waals surface area contributed by atoms with Gasteiger partial charge in [-0.1, -0.05) is 44.2 Å². The van der Waals surface area contributed by atoms with E-state index in [1.54, 1.807) is 18.0 Å². The van der Waals surface area contributed by atoms with E-state index in [-0.39, 0.29) is 33.6 Å². The molecule has 13 heteroatoms. The molecule has 4 bridgehead atoms. The molecule has 4 fully saturated rings. The van der Waals surface area contributed by atoms with Crippen LogP contribution in [0.3, 0.4) is 0 Å². The number of hydrogen-bond donors (Lipinski definition) is 0. The molecule has 0 saturated heterocycles. The Labute approximate surface area is 390 Å². The lowest BCUT2D eigenvalue weighted by molar-refractivity contribution is -0.248. The smallest absolute Gasteiger partial charge is 0.410 e. The van der Waals surface area contributed by atoms with E-state index in [4.69, 9.17) is 33.8 Å². The number of rotatable bonds is 13. The molecule has 0 radical (unpaired) electrons. The Morgan fingerprint density at radius 2 is 1.50 bits per heavy atom. The lowest BCUT2D eigenvalue weighted by atomic mass is 9.39. The normalized spacial score (nSPS) is 24.4. The summed E-state index contributed by atoms with van der Waals surface area (Å²) in [5, 5.41) is 5.03. The second-order valence-electron chi connectivity index (χ2n) is 22.5. The summed E-state index contributed by atoms with van der Waals surface area (Å²) in [6.45, 7) is 21.1. The Kier molecular flexibility index (Phi) is 12.4. The maximum atomic E-state index is 14.2. The Balaban J connectivity index is 1.06. The van der Waals surface area contributed by atoms with Gasteiger partial charge >= 0.3 is 18.0 Å². The molecule has 0 spiro atoms. The Morgan fingerprint density at radius 1 is 0.803 bits per heavy atom. The monoisotopic (exact) mass is 904 g/mol. The third kappa shape index (κ3) is 9.97. The summed E-state index contributed by atoms with van der Waals surface area (Å²) in [4.78, 5) is 48.8. The van der Waals surface area contributed by atoms with E-state index in [2.05, 4.69) is 30.4 Å². The molecule has 2 unspecified atom stereocenters. The molecule has 13 nitrogen and oxygen atoms in total. The number of pyridine rings is 1. The average Bonchev–Trinajstić information content (AvgIpc) is 3.57. The molecule has 0 N–H and O–H groups in total. The predicted molar refractivity (Wildman–Crippen MR) is 253 cm³/mol. The summed E-state index contributed by atoms with van der Waals surface area (Å²) in [5.74, 6) is 0.387. The third-order valence-corrected chi connectivity index (χ3v) is 13.9. The summed E-state index contributed by atoms with van der Waals surface area (Å²) in [6, 6.07) is 17.5. The Morgan fingerprint density at radius 3 is 2.17 bits per heavy atom. The number of anilines is 1. The topological polar surface area (TPSA) is 135 Å². The van der Waals surface area contributed by atoms with Crippen LogP contribution >= 0.6 is 0 Å². The number of carbonyl (C=O) groups is 3. The van der Waals surface area contributed by atoms with Gasteiger partial charge in [-0.2, -0.15) is 5.10 Å². The van der Waals surface area contributed by atoms with E-state index < -0.39 is 23.1 Å². The molecule has 4 saturated carbocycles. The Hall–Kier alpha value is -5.43. The maximum Gasteiger partial charge on any atom is 0.410 e. The number of amides is 1. The van der Waals surface area contributed by atoms with Crippen LogP contribution in [-0.4, -0.2) is 88.4 Å². The fraction of sp³-hybridized carbons (Fsp3) is 0.566. The molecule has 3 heterocycles. The maximum absolute atomic E-state index is 14.2. The van der Waals surface area contributed by atoms with Crippen molar-refractivity contribution in [3.8, 4) is 16.9 Å². The van der Waals surface area contributed by atoms with E-state index in [1.165, 1.54) is 13.5 Å². The lowest BCUT2D eigenvalue weighted by Crippen LogP contribution is -2.64. The molecule has 2 aromatic carbocycles. The highest BCUT2D eigenvalue weighted by molar-refractivity contribution is 5.96. The zero-order chi connectivity index (χ0) is 47.5. The van der Waals surface area contributed by atoms with Crippen molar-refractivity contribution in [3.05, 3.63) is 94.4 Å². The summed E-state index contributed by atoms with van der Waals surface area (Å²) in [5.41, 5.74) is 4.53. The van der Waals surface area contributed by atoms with Gasteiger partial charge in [-0.3, -0.25) is 4.68 Å². The van der Waals surface area contributed by atoms with Crippen LogP contribution in [0.15, 0.2) is 60.8 Å². The van der Waals surface area contributed by atoms with Crippen LogP contribution in [0.4, 0.5) is 10.6 Å². The minimum Gasteiger partial charge on any atom is -0.489 e. The van der Waals surface area contributed by atoms with Crippen molar-refractivity contribution in [2.45, 2.75) is 144 Å². The van der Waals surface area contributed by atoms with E-state index >= 15 is 0 Å². The van der Waals surface area contributed by atoms with Crippen LogP contribution in [0.25, 0.3) is 11.1 Å². The van der Waals surface area contributed by atoms with Gasteiger partial charge in [0.25, 0.3) is 0 Å². The van der Waals surface area contributed by atoms with Gasteiger partial charge in [-0.25, -0.2) is 19.4 Å². The minimum atomic E-state index is -0.755. The third-order valence-electron chi connectivity index (χ3n) is 13.9. The number of carbonyl (C=O) groups excluding carboxylic acids is 3. The van der Waals surface area contributed by atoms with Gasteiger partial charge < -0.3 is 33.5 Å². The van der Waals surface area contributed by atoms with Crippen molar-refractivity contribution >= 4 is 23.8 Å². The molecular formula is C53H69N5O8. The van der Waals surface area contributed by atoms with E-state index in [9.17, 15) is 14.4 Å². The van der Waals surface area contributed by atoms with Crippen LogP contribution in [-0.2, 0) is 45.1 Å².